The van der Waals surface area contributed by atoms with Gasteiger partial charge in [0.1, 0.15) is 5.54 Å². The van der Waals surface area contributed by atoms with Gasteiger partial charge >= 0.3 is 5.97 Å². The molecule has 0 aromatic carbocycles. The third-order valence-electron chi connectivity index (χ3n) is 4.42. The van der Waals surface area contributed by atoms with Crippen LogP contribution in [0.3, 0.4) is 0 Å². The molecule has 5 heteroatoms. The van der Waals surface area contributed by atoms with Crippen molar-refractivity contribution in [2.75, 3.05) is 26.8 Å². The second kappa shape index (κ2) is 5.55. The van der Waals surface area contributed by atoms with E-state index in [4.69, 9.17) is 10.5 Å². The maximum absolute atomic E-state index is 11.2. The van der Waals surface area contributed by atoms with Crippen molar-refractivity contribution in [3.63, 3.8) is 0 Å². The molecule has 3 unspecified atom stereocenters. The Balaban J connectivity index is 1.92. The van der Waals surface area contributed by atoms with Crippen molar-refractivity contribution in [2.45, 2.75) is 43.7 Å². The molecule has 0 aromatic rings. The van der Waals surface area contributed by atoms with Crippen LogP contribution in [0, 0.1) is 5.92 Å². The summed E-state index contributed by atoms with van der Waals surface area (Å²) in [7, 11) is 1.73. The maximum Gasteiger partial charge on any atom is 0.323 e. The van der Waals surface area contributed by atoms with Gasteiger partial charge in [0.05, 0.1) is 6.61 Å². The minimum atomic E-state index is -1.01. The lowest BCUT2D eigenvalue weighted by Gasteiger charge is -2.39. The van der Waals surface area contributed by atoms with Crippen LogP contribution in [0.2, 0.25) is 0 Å². The van der Waals surface area contributed by atoms with E-state index in [1.807, 2.05) is 0 Å². The van der Waals surface area contributed by atoms with Crippen molar-refractivity contribution < 1.29 is 14.6 Å². The molecular weight excluding hydrogens is 232 g/mol. The van der Waals surface area contributed by atoms with Crippen LogP contribution in [0.15, 0.2) is 0 Å². The Morgan fingerprint density at radius 3 is 3.00 bits per heavy atom. The first-order valence-corrected chi connectivity index (χ1v) is 6.80. The summed E-state index contributed by atoms with van der Waals surface area (Å²) in [5.41, 5.74) is 4.99. The zero-order valence-corrected chi connectivity index (χ0v) is 11.1. The molecule has 104 valence electrons. The van der Waals surface area contributed by atoms with Crippen molar-refractivity contribution in [3.8, 4) is 0 Å². The smallest absolute Gasteiger partial charge is 0.323 e. The topological polar surface area (TPSA) is 75.8 Å². The first-order chi connectivity index (χ1) is 8.55. The lowest BCUT2D eigenvalue weighted by atomic mass is 9.79. The van der Waals surface area contributed by atoms with Gasteiger partial charge in [-0.1, -0.05) is 0 Å². The maximum atomic E-state index is 11.2. The summed E-state index contributed by atoms with van der Waals surface area (Å²) in [6.45, 7) is 2.87. The predicted molar refractivity (Wildman–Crippen MR) is 68.4 cm³/mol. The molecule has 1 aliphatic carbocycles. The zero-order chi connectivity index (χ0) is 13.2. The Morgan fingerprint density at radius 2 is 2.33 bits per heavy atom. The molecule has 3 N–H and O–H groups in total. The molecule has 2 rings (SSSR count). The fraction of sp³-hybridized carbons (Fsp3) is 0.923. The van der Waals surface area contributed by atoms with Crippen LogP contribution in [-0.2, 0) is 9.53 Å². The van der Waals surface area contributed by atoms with Gasteiger partial charge in [-0.05, 0) is 44.6 Å². The third-order valence-corrected chi connectivity index (χ3v) is 4.42. The SMILES string of the molecule is COCC1CCN(C2CCCC(N)(C(=O)O)C2)C1. The van der Waals surface area contributed by atoms with Crippen LogP contribution < -0.4 is 5.73 Å². The molecule has 3 atom stereocenters. The average Bonchev–Trinajstić information content (AvgIpc) is 2.78. The number of carboxylic acid groups (broad SMARTS) is 1. The number of rotatable bonds is 4. The first kappa shape index (κ1) is 13.8. The normalized spacial score (nSPS) is 37.9. The standard InChI is InChI=1S/C13H24N2O3/c1-18-9-10-4-6-15(8-10)11-3-2-5-13(14,7-11)12(16)17/h10-11H,2-9,14H2,1H3,(H,16,17). The van der Waals surface area contributed by atoms with Gasteiger partial charge in [-0.2, -0.15) is 0 Å². The summed E-state index contributed by atoms with van der Waals surface area (Å²) < 4.78 is 5.20. The van der Waals surface area contributed by atoms with E-state index in [0.29, 0.717) is 24.8 Å². The molecular formula is C13H24N2O3. The lowest BCUT2D eigenvalue weighted by Crippen LogP contribution is -2.55. The number of likely N-dealkylation sites (tertiary alicyclic amines) is 1. The van der Waals surface area contributed by atoms with Crippen LogP contribution in [0.5, 0.6) is 0 Å². The average molecular weight is 256 g/mol. The second-order valence-corrected chi connectivity index (χ2v) is 5.82. The van der Waals surface area contributed by atoms with Gasteiger partial charge in [0.15, 0.2) is 0 Å². The van der Waals surface area contributed by atoms with E-state index in [1.54, 1.807) is 7.11 Å². The molecule has 0 aromatic heterocycles. The van der Waals surface area contributed by atoms with Gasteiger partial charge in [0, 0.05) is 19.7 Å². The molecule has 5 nitrogen and oxygen atoms in total. The molecule has 2 fully saturated rings. The Hall–Kier alpha value is -0.650. The minimum Gasteiger partial charge on any atom is -0.480 e. The molecule has 1 aliphatic heterocycles. The van der Waals surface area contributed by atoms with Crippen LogP contribution in [0.25, 0.3) is 0 Å². The summed E-state index contributed by atoms with van der Waals surface area (Å²) in [5.74, 6) is -0.256. The Labute approximate surface area is 108 Å². The number of ether oxygens (including phenoxy) is 1. The fourth-order valence-electron chi connectivity index (χ4n) is 3.35. The number of nitrogens with two attached hydrogens (primary N) is 1. The van der Waals surface area contributed by atoms with Crippen LogP contribution >= 0.6 is 0 Å². The van der Waals surface area contributed by atoms with Gasteiger partial charge in [0.2, 0.25) is 0 Å². The van der Waals surface area contributed by atoms with Crippen LogP contribution in [0.4, 0.5) is 0 Å². The monoisotopic (exact) mass is 256 g/mol. The highest BCUT2D eigenvalue weighted by Gasteiger charge is 2.42. The highest BCUT2D eigenvalue weighted by molar-refractivity contribution is 5.78. The van der Waals surface area contributed by atoms with E-state index in [-0.39, 0.29) is 0 Å². The number of hydrogen-bond acceptors (Lipinski definition) is 4. The van der Waals surface area contributed by atoms with Crippen LogP contribution in [0.1, 0.15) is 32.1 Å². The van der Waals surface area contributed by atoms with E-state index >= 15 is 0 Å². The highest BCUT2D eigenvalue weighted by atomic mass is 16.5. The number of carboxylic acids is 1. The summed E-state index contributed by atoms with van der Waals surface area (Å²) >= 11 is 0. The quantitative estimate of drug-likeness (QED) is 0.773. The molecule has 2 aliphatic rings. The number of aliphatic carboxylic acids is 1. The summed E-state index contributed by atoms with van der Waals surface area (Å²) in [6.07, 6.45) is 4.33. The van der Waals surface area contributed by atoms with E-state index in [0.717, 1.165) is 39.0 Å². The highest BCUT2D eigenvalue weighted by Crippen LogP contribution is 2.32. The van der Waals surface area contributed by atoms with E-state index in [1.165, 1.54) is 0 Å². The van der Waals surface area contributed by atoms with E-state index in [9.17, 15) is 9.90 Å². The van der Waals surface area contributed by atoms with Crippen molar-refractivity contribution in [1.29, 1.82) is 0 Å². The second-order valence-electron chi connectivity index (χ2n) is 5.82. The molecule has 1 saturated heterocycles. The Bertz CT molecular complexity index is 311. The number of carbonyl (C=O) groups is 1. The van der Waals surface area contributed by atoms with Gasteiger partial charge in [-0.3, -0.25) is 9.69 Å². The number of nitrogens with zero attached hydrogens (tertiary/aromatic N) is 1. The van der Waals surface area contributed by atoms with E-state index in [2.05, 4.69) is 4.90 Å². The summed E-state index contributed by atoms with van der Waals surface area (Å²) in [4.78, 5) is 13.6. The van der Waals surface area contributed by atoms with Crippen molar-refractivity contribution >= 4 is 5.97 Å². The molecule has 0 amide bonds. The van der Waals surface area contributed by atoms with Crippen molar-refractivity contribution in [2.24, 2.45) is 11.7 Å². The van der Waals surface area contributed by atoms with Crippen molar-refractivity contribution in [3.05, 3.63) is 0 Å². The number of methoxy groups -OCH3 is 1. The molecule has 0 bridgehead atoms. The molecule has 18 heavy (non-hydrogen) atoms. The summed E-state index contributed by atoms with van der Waals surface area (Å²) in [6, 6.07) is 0.335. The molecule has 0 radical (unpaired) electrons. The Morgan fingerprint density at radius 1 is 1.56 bits per heavy atom. The third kappa shape index (κ3) is 2.84. The van der Waals surface area contributed by atoms with Gasteiger partial charge in [0.25, 0.3) is 0 Å². The Kier molecular flexibility index (Phi) is 4.25. The van der Waals surface area contributed by atoms with Gasteiger partial charge in [-0.25, -0.2) is 0 Å². The molecule has 1 saturated carbocycles. The van der Waals surface area contributed by atoms with Gasteiger partial charge < -0.3 is 15.6 Å². The van der Waals surface area contributed by atoms with Crippen LogP contribution in [-0.4, -0.2) is 54.4 Å². The van der Waals surface area contributed by atoms with Gasteiger partial charge in [-0.15, -0.1) is 0 Å². The lowest BCUT2D eigenvalue weighted by molar-refractivity contribution is -0.145. The van der Waals surface area contributed by atoms with E-state index < -0.39 is 11.5 Å². The fourth-order valence-corrected chi connectivity index (χ4v) is 3.35. The molecule has 1 heterocycles. The predicted octanol–water partition coefficient (Wildman–Crippen LogP) is 0.679. The first-order valence-electron chi connectivity index (χ1n) is 6.80. The molecule has 0 spiro atoms. The zero-order valence-electron chi connectivity index (χ0n) is 11.1. The largest absolute Gasteiger partial charge is 0.480 e. The minimum absolute atomic E-state index is 0.335. The summed E-state index contributed by atoms with van der Waals surface area (Å²) in [5, 5.41) is 9.23. The number of hydrogen-bond donors (Lipinski definition) is 2. The van der Waals surface area contributed by atoms with Crippen molar-refractivity contribution in [1.82, 2.24) is 4.90 Å².